The average Bonchev–Trinajstić information content (AvgIpc) is 3.90. The smallest absolute Gasteiger partial charge is 0.415 e. The summed E-state index contributed by atoms with van der Waals surface area (Å²) >= 11 is 0. The van der Waals surface area contributed by atoms with Crippen LogP contribution >= 0.6 is 0 Å². The standard InChI is InChI=1S/C50H51N5O10/c1-6-9-40(56)45-43(46(65-52-45)34-21-32(27(4)5)41(57)23-42(34)58)29-12-10-28(11-13-29)24-53-16-18-54(19-17-53)49(61)64-30-14-15-38-33(20-30)31(7-2)35-25-55-39(44(35)51-38)22-37-36(47(55)59)26-63-48(60)50(37,62)8-3/h10-15,20-23,27,57-58,62H,6-9,16-19,24-26H2,1-5H3. The van der Waals surface area contributed by atoms with Crippen molar-refractivity contribution in [1.29, 1.82) is 0 Å². The van der Waals surface area contributed by atoms with Crippen molar-refractivity contribution in [1.82, 2.24) is 24.5 Å². The summed E-state index contributed by atoms with van der Waals surface area (Å²) < 4.78 is 18.5. The largest absolute Gasteiger partial charge is 0.508 e. The van der Waals surface area contributed by atoms with Crippen molar-refractivity contribution in [3.8, 4) is 51.1 Å². The lowest BCUT2D eigenvalue weighted by molar-refractivity contribution is -0.172. The van der Waals surface area contributed by atoms with Crippen LogP contribution in [0.3, 0.4) is 0 Å². The van der Waals surface area contributed by atoms with E-state index < -0.39 is 17.7 Å². The van der Waals surface area contributed by atoms with Crippen LogP contribution in [0.2, 0.25) is 0 Å². The van der Waals surface area contributed by atoms with Gasteiger partial charge in [-0.15, -0.1) is 0 Å². The minimum absolute atomic E-state index is 0.0257. The quantitative estimate of drug-likeness (QED) is 0.0841. The summed E-state index contributed by atoms with van der Waals surface area (Å²) in [6, 6.07) is 17.8. The van der Waals surface area contributed by atoms with Crippen LogP contribution in [0.25, 0.3) is 44.7 Å². The number of benzene rings is 3. The zero-order valence-electron chi connectivity index (χ0n) is 37.1. The van der Waals surface area contributed by atoms with E-state index in [-0.39, 0.29) is 77.3 Å². The minimum Gasteiger partial charge on any atom is -0.508 e. The number of esters is 1. The first-order valence-electron chi connectivity index (χ1n) is 22.2. The van der Waals surface area contributed by atoms with Crippen molar-refractivity contribution in [3.63, 3.8) is 0 Å². The van der Waals surface area contributed by atoms with E-state index in [4.69, 9.17) is 19.0 Å². The number of ether oxygens (including phenoxy) is 2. The van der Waals surface area contributed by atoms with Crippen LogP contribution in [0.1, 0.15) is 104 Å². The van der Waals surface area contributed by atoms with Gasteiger partial charge in [-0.1, -0.05) is 64.0 Å². The molecule has 1 unspecified atom stereocenters. The number of phenols is 2. The van der Waals surface area contributed by atoms with Gasteiger partial charge in [0.1, 0.15) is 23.9 Å². The first-order valence-corrected chi connectivity index (χ1v) is 22.2. The van der Waals surface area contributed by atoms with Crippen molar-refractivity contribution in [2.24, 2.45) is 0 Å². The van der Waals surface area contributed by atoms with Gasteiger partial charge in [-0.2, -0.15) is 0 Å². The van der Waals surface area contributed by atoms with Gasteiger partial charge in [0.15, 0.2) is 22.8 Å². The van der Waals surface area contributed by atoms with E-state index in [1.807, 2.05) is 58.0 Å². The number of ketones is 1. The van der Waals surface area contributed by atoms with Crippen LogP contribution in [-0.2, 0) is 41.2 Å². The monoisotopic (exact) mass is 881 g/mol. The van der Waals surface area contributed by atoms with Gasteiger partial charge in [-0.3, -0.25) is 14.5 Å². The number of carbonyl (C=O) groups is 3. The number of amides is 1. The molecular formula is C50H51N5O10. The van der Waals surface area contributed by atoms with Gasteiger partial charge in [0.2, 0.25) is 0 Å². The summed E-state index contributed by atoms with van der Waals surface area (Å²) in [4.78, 5) is 62.0. The zero-order valence-corrected chi connectivity index (χ0v) is 37.1. The molecule has 3 aromatic carbocycles. The Hall–Kier alpha value is -6.84. The number of hydrogen-bond donors (Lipinski definition) is 3. The molecule has 336 valence electrons. The second-order valence-corrected chi connectivity index (χ2v) is 17.4. The minimum atomic E-state index is -1.91. The lowest BCUT2D eigenvalue weighted by Gasteiger charge is -2.34. The van der Waals surface area contributed by atoms with E-state index in [9.17, 15) is 34.5 Å². The maximum Gasteiger partial charge on any atom is 0.415 e. The summed E-state index contributed by atoms with van der Waals surface area (Å²) in [6.07, 6.45) is 1.14. The Morgan fingerprint density at radius 2 is 1.68 bits per heavy atom. The Bertz CT molecular complexity index is 2960. The van der Waals surface area contributed by atoms with E-state index in [2.05, 4.69) is 10.1 Å². The number of cyclic esters (lactones) is 1. The molecule has 15 heteroatoms. The van der Waals surface area contributed by atoms with Gasteiger partial charge in [0.05, 0.1) is 40.1 Å². The van der Waals surface area contributed by atoms with E-state index >= 15 is 0 Å². The number of aliphatic hydroxyl groups is 1. The fourth-order valence-electron chi connectivity index (χ4n) is 9.41. The number of pyridine rings is 2. The Morgan fingerprint density at radius 1 is 0.923 bits per heavy atom. The average molecular weight is 882 g/mol. The molecule has 65 heavy (non-hydrogen) atoms. The molecule has 3 N–H and O–H groups in total. The molecule has 0 spiro atoms. The molecule has 0 saturated carbocycles. The lowest BCUT2D eigenvalue weighted by Crippen LogP contribution is -2.49. The number of hydrogen-bond acceptors (Lipinski definition) is 13. The van der Waals surface area contributed by atoms with Crippen molar-refractivity contribution >= 4 is 28.7 Å². The highest BCUT2D eigenvalue weighted by Crippen LogP contribution is 2.44. The van der Waals surface area contributed by atoms with Crippen LogP contribution in [0.5, 0.6) is 17.2 Å². The SMILES string of the molecule is CCCC(=O)c1noc(-c2cc(C(C)C)c(O)cc2O)c1-c1ccc(CN2CCN(C(=O)Oc3ccc4nc5c(c(CC)c4c3)Cn3c-5cc4c(c3=O)COC(=O)C4(O)CC)CC2)cc1. The molecule has 3 aromatic heterocycles. The molecule has 1 amide bonds. The molecule has 3 aliphatic rings. The third-order valence-electron chi connectivity index (χ3n) is 13.1. The molecule has 1 saturated heterocycles. The maximum atomic E-state index is 13.7. The topological polar surface area (TPSA) is 198 Å². The number of phenolic OH excluding ortho intramolecular Hbond substituents is 2. The molecule has 1 atom stereocenters. The summed E-state index contributed by atoms with van der Waals surface area (Å²) in [7, 11) is 0. The first kappa shape index (κ1) is 43.4. The van der Waals surface area contributed by atoms with Crippen molar-refractivity contribution in [2.45, 2.75) is 91.5 Å². The predicted octanol–water partition coefficient (Wildman–Crippen LogP) is 7.80. The Kier molecular flexibility index (Phi) is 11.3. The van der Waals surface area contributed by atoms with Gasteiger partial charge in [0, 0.05) is 61.7 Å². The fraction of sp³-hybridized carbons (Fsp3) is 0.360. The van der Waals surface area contributed by atoms with Gasteiger partial charge >= 0.3 is 12.1 Å². The molecule has 0 radical (unpaired) electrons. The van der Waals surface area contributed by atoms with Crippen LogP contribution in [0.15, 0.2) is 70.0 Å². The second-order valence-electron chi connectivity index (χ2n) is 17.4. The molecule has 0 aliphatic carbocycles. The predicted molar refractivity (Wildman–Crippen MR) is 241 cm³/mol. The van der Waals surface area contributed by atoms with Crippen molar-refractivity contribution < 1.29 is 43.7 Å². The fourth-order valence-corrected chi connectivity index (χ4v) is 9.41. The maximum absolute atomic E-state index is 13.7. The Labute approximate surface area is 374 Å². The number of aromatic hydroxyl groups is 2. The highest BCUT2D eigenvalue weighted by Gasteiger charge is 2.45. The normalized spacial score (nSPS) is 17.0. The summed E-state index contributed by atoms with van der Waals surface area (Å²) in [5.41, 5.74) is 5.32. The van der Waals surface area contributed by atoms with Crippen LogP contribution in [-0.4, -0.2) is 83.9 Å². The molecule has 6 heterocycles. The van der Waals surface area contributed by atoms with E-state index in [0.717, 1.165) is 22.1 Å². The highest BCUT2D eigenvalue weighted by molar-refractivity contribution is 6.04. The van der Waals surface area contributed by atoms with Crippen molar-refractivity contribution in [3.05, 3.63) is 110 Å². The van der Waals surface area contributed by atoms with Gasteiger partial charge in [-0.05, 0) is 77.8 Å². The number of Topliss-reactive ketones (excluding diaryl/α,β-unsaturated/α-hetero) is 1. The number of carbonyl (C=O) groups excluding carboxylic acids is 3. The lowest BCUT2D eigenvalue weighted by atomic mass is 9.86. The number of piperazine rings is 1. The number of aryl methyl sites for hydroxylation is 1. The molecule has 1 fully saturated rings. The molecule has 0 bridgehead atoms. The summed E-state index contributed by atoms with van der Waals surface area (Å²) in [6.45, 7) is 12.3. The highest BCUT2D eigenvalue weighted by atomic mass is 16.6. The van der Waals surface area contributed by atoms with Crippen LogP contribution in [0.4, 0.5) is 4.79 Å². The third kappa shape index (κ3) is 7.51. The first-order chi connectivity index (χ1) is 31.2. The Morgan fingerprint density at radius 3 is 2.37 bits per heavy atom. The van der Waals surface area contributed by atoms with Crippen LogP contribution in [0, 0.1) is 0 Å². The second kappa shape index (κ2) is 16.9. The number of fused-ring (bicyclic) bond motifs is 5. The van der Waals surface area contributed by atoms with Gasteiger partial charge in [0.25, 0.3) is 5.56 Å². The number of rotatable bonds is 11. The van der Waals surface area contributed by atoms with E-state index in [1.54, 1.807) is 40.7 Å². The summed E-state index contributed by atoms with van der Waals surface area (Å²) in [5, 5.41) is 37.6. The van der Waals surface area contributed by atoms with Crippen LogP contribution < -0.4 is 10.3 Å². The molecule has 3 aliphatic heterocycles. The number of nitrogens with zero attached hydrogens (tertiary/aromatic N) is 5. The van der Waals surface area contributed by atoms with E-state index in [1.165, 1.54) is 6.07 Å². The van der Waals surface area contributed by atoms with Gasteiger partial charge < -0.3 is 38.8 Å². The molecule has 6 aromatic rings. The zero-order chi connectivity index (χ0) is 45.9. The third-order valence-corrected chi connectivity index (χ3v) is 13.1. The molecule has 9 rings (SSSR count). The van der Waals surface area contributed by atoms with Gasteiger partial charge in [-0.25, -0.2) is 14.6 Å². The van der Waals surface area contributed by atoms with Crippen molar-refractivity contribution in [2.75, 3.05) is 26.2 Å². The molecule has 15 nitrogen and oxygen atoms in total. The summed E-state index contributed by atoms with van der Waals surface area (Å²) in [5.74, 6) is -0.547. The number of aromatic nitrogens is 3. The Balaban J connectivity index is 0.880. The molecular weight excluding hydrogens is 831 g/mol. The van der Waals surface area contributed by atoms with E-state index in [0.29, 0.717) is 90.5 Å².